The summed E-state index contributed by atoms with van der Waals surface area (Å²) >= 11 is 1.21. The van der Waals surface area contributed by atoms with Gasteiger partial charge in [0.1, 0.15) is 9.71 Å². The van der Waals surface area contributed by atoms with Gasteiger partial charge in [-0.15, -0.1) is 23.0 Å². The Hall–Kier alpha value is -1.99. The molecule has 0 bridgehead atoms. The van der Waals surface area contributed by atoms with Crippen molar-refractivity contribution in [3.8, 4) is 0 Å². The summed E-state index contributed by atoms with van der Waals surface area (Å²) in [7, 11) is 0. The molecule has 0 spiro atoms. The maximum Gasteiger partial charge on any atom is 0.266 e. The van der Waals surface area contributed by atoms with E-state index in [1.807, 2.05) is 0 Å². The van der Waals surface area contributed by atoms with Crippen LogP contribution in [-0.2, 0) is 0 Å². The summed E-state index contributed by atoms with van der Waals surface area (Å²) in [5.41, 5.74) is 6.39. The van der Waals surface area contributed by atoms with Crippen LogP contribution in [0.3, 0.4) is 0 Å². The van der Waals surface area contributed by atoms with Crippen molar-refractivity contribution in [2.45, 2.75) is 0 Å². The van der Waals surface area contributed by atoms with Gasteiger partial charge in [0.05, 0.1) is 18.5 Å². The first-order chi connectivity index (χ1) is 9.19. The second-order valence-electron chi connectivity index (χ2n) is 3.86. The van der Waals surface area contributed by atoms with Gasteiger partial charge in [0.25, 0.3) is 5.91 Å². The normalized spacial score (nSPS) is 10.6. The Morgan fingerprint density at radius 1 is 1.63 bits per heavy atom. The second kappa shape index (κ2) is 5.77. The van der Waals surface area contributed by atoms with Crippen molar-refractivity contribution in [2.75, 3.05) is 25.4 Å². The lowest BCUT2D eigenvalue weighted by molar-refractivity contribution is 0.0748. The smallest absolute Gasteiger partial charge is 0.266 e. The van der Waals surface area contributed by atoms with Crippen molar-refractivity contribution in [3.63, 3.8) is 0 Å². The number of hydrogen-bond acceptors (Lipinski definition) is 6. The summed E-state index contributed by atoms with van der Waals surface area (Å²) in [6.07, 6.45) is 3.14. The van der Waals surface area contributed by atoms with Crippen molar-refractivity contribution in [2.24, 2.45) is 0 Å². The van der Waals surface area contributed by atoms with Gasteiger partial charge >= 0.3 is 0 Å². The van der Waals surface area contributed by atoms with E-state index in [0.717, 1.165) is 5.39 Å². The Labute approximate surface area is 114 Å². The summed E-state index contributed by atoms with van der Waals surface area (Å²) in [6, 6.07) is 1.73. The third-order valence-electron chi connectivity index (χ3n) is 2.62. The molecule has 1 amide bonds. The molecule has 0 aliphatic rings. The summed E-state index contributed by atoms with van der Waals surface area (Å²) in [5, 5.41) is 17.4. The molecular formula is C12H14N4O2S. The Balaban J connectivity index is 2.39. The van der Waals surface area contributed by atoms with Gasteiger partial charge in [-0.3, -0.25) is 4.79 Å². The SMILES string of the molecule is C=CCN(CCO)C(=O)c1sc2nnccc2c1N. The highest BCUT2D eigenvalue weighted by atomic mass is 32.1. The number of nitrogens with two attached hydrogens (primary N) is 1. The van der Waals surface area contributed by atoms with Gasteiger partial charge in [-0.2, -0.15) is 5.10 Å². The molecule has 0 atom stereocenters. The van der Waals surface area contributed by atoms with Gasteiger partial charge in [-0.1, -0.05) is 6.08 Å². The lowest BCUT2D eigenvalue weighted by Gasteiger charge is -2.19. The van der Waals surface area contributed by atoms with Gasteiger partial charge in [-0.25, -0.2) is 0 Å². The molecule has 2 aromatic rings. The minimum atomic E-state index is -0.227. The van der Waals surface area contributed by atoms with E-state index in [-0.39, 0.29) is 19.1 Å². The Kier molecular flexibility index (Phi) is 4.08. The zero-order valence-corrected chi connectivity index (χ0v) is 11.1. The lowest BCUT2D eigenvalue weighted by Crippen LogP contribution is -2.33. The Morgan fingerprint density at radius 3 is 3.05 bits per heavy atom. The number of rotatable bonds is 5. The number of thiophene rings is 1. The van der Waals surface area contributed by atoms with E-state index < -0.39 is 0 Å². The molecule has 2 rings (SSSR count). The molecular weight excluding hydrogens is 264 g/mol. The van der Waals surface area contributed by atoms with Crippen molar-refractivity contribution >= 4 is 33.1 Å². The largest absolute Gasteiger partial charge is 0.397 e. The third-order valence-corrected chi connectivity index (χ3v) is 3.71. The zero-order chi connectivity index (χ0) is 13.8. The summed E-state index contributed by atoms with van der Waals surface area (Å²) in [5.74, 6) is -0.227. The lowest BCUT2D eigenvalue weighted by atomic mass is 10.2. The van der Waals surface area contributed by atoms with Crippen molar-refractivity contribution in [1.29, 1.82) is 0 Å². The van der Waals surface area contributed by atoms with Crippen LogP contribution in [0.4, 0.5) is 5.69 Å². The molecule has 0 saturated heterocycles. The fourth-order valence-corrected chi connectivity index (χ4v) is 2.73. The predicted octanol–water partition coefficient (Wildman–Crippen LogP) is 0.894. The quantitative estimate of drug-likeness (QED) is 0.792. The highest BCUT2D eigenvalue weighted by Crippen LogP contribution is 2.32. The van der Waals surface area contributed by atoms with Gasteiger partial charge < -0.3 is 15.7 Å². The number of hydrogen-bond donors (Lipinski definition) is 2. The van der Waals surface area contributed by atoms with E-state index in [0.29, 0.717) is 21.9 Å². The van der Waals surface area contributed by atoms with Gasteiger partial charge in [0, 0.05) is 18.5 Å². The number of amides is 1. The molecule has 6 nitrogen and oxygen atoms in total. The monoisotopic (exact) mass is 278 g/mol. The molecule has 0 aliphatic carbocycles. The predicted molar refractivity (Wildman–Crippen MR) is 75.0 cm³/mol. The number of aliphatic hydroxyl groups excluding tert-OH is 1. The van der Waals surface area contributed by atoms with Crippen molar-refractivity contribution in [3.05, 3.63) is 29.8 Å². The minimum absolute atomic E-state index is 0.107. The highest BCUT2D eigenvalue weighted by Gasteiger charge is 2.21. The number of fused-ring (bicyclic) bond motifs is 1. The number of nitrogen functional groups attached to an aromatic ring is 1. The number of nitrogens with zero attached hydrogens (tertiary/aromatic N) is 3. The van der Waals surface area contributed by atoms with E-state index in [1.54, 1.807) is 12.1 Å². The Morgan fingerprint density at radius 2 is 2.42 bits per heavy atom. The van der Waals surface area contributed by atoms with Crippen molar-refractivity contribution < 1.29 is 9.90 Å². The molecule has 7 heteroatoms. The summed E-state index contributed by atoms with van der Waals surface area (Å²) in [4.78, 5) is 14.9. The molecule has 3 N–H and O–H groups in total. The molecule has 100 valence electrons. The zero-order valence-electron chi connectivity index (χ0n) is 10.2. The first-order valence-electron chi connectivity index (χ1n) is 5.69. The molecule has 2 heterocycles. The van der Waals surface area contributed by atoms with E-state index in [1.165, 1.54) is 22.4 Å². The minimum Gasteiger partial charge on any atom is -0.397 e. The highest BCUT2D eigenvalue weighted by molar-refractivity contribution is 7.21. The summed E-state index contributed by atoms with van der Waals surface area (Å²) < 4.78 is 0. The van der Waals surface area contributed by atoms with Crippen LogP contribution >= 0.6 is 11.3 Å². The standard InChI is InChI=1S/C12H14N4O2S/c1-2-5-16(6-7-17)12(18)10-9(13)8-3-4-14-15-11(8)19-10/h2-4,17H,1,5-7,13H2. The van der Waals surface area contributed by atoms with Crippen LogP contribution in [0.1, 0.15) is 9.67 Å². The van der Waals surface area contributed by atoms with Crippen molar-refractivity contribution in [1.82, 2.24) is 15.1 Å². The number of aromatic nitrogens is 2. The first-order valence-corrected chi connectivity index (χ1v) is 6.51. The maximum atomic E-state index is 12.4. The number of carbonyl (C=O) groups is 1. The molecule has 0 aromatic carbocycles. The topological polar surface area (TPSA) is 92.3 Å². The second-order valence-corrected chi connectivity index (χ2v) is 4.86. The van der Waals surface area contributed by atoms with E-state index in [2.05, 4.69) is 16.8 Å². The van der Waals surface area contributed by atoms with Crippen LogP contribution in [0.25, 0.3) is 10.2 Å². The molecule has 0 radical (unpaired) electrons. The molecule has 2 aromatic heterocycles. The maximum absolute atomic E-state index is 12.4. The summed E-state index contributed by atoms with van der Waals surface area (Å²) in [6.45, 7) is 4.09. The molecule has 0 aliphatic heterocycles. The fraction of sp³-hybridized carbons (Fsp3) is 0.250. The molecule has 0 fully saturated rings. The van der Waals surface area contributed by atoms with Crippen LogP contribution in [0.5, 0.6) is 0 Å². The van der Waals surface area contributed by atoms with Crippen LogP contribution in [0.2, 0.25) is 0 Å². The fourth-order valence-electron chi connectivity index (χ4n) is 1.73. The van der Waals surface area contributed by atoms with Crippen LogP contribution in [-0.4, -0.2) is 45.8 Å². The van der Waals surface area contributed by atoms with E-state index in [9.17, 15) is 4.79 Å². The average Bonchev–Trinajstić information content (AvgIpc) is 2.76. The number of aliphatic hydroxyl groups is 1. The van der Waals surface area contributed by atoms with Gasteiger partial charge in [-0.05, 0) is 6.07 Å². The number of carbonyl (C=O) groups excluding carboxylic acids is 1. The van der Waals surface area contributed by atoms with Crippen LogP contribution in [0, 0.1) is 0 Å². The molecule has 19 heavy (non-hydrogen) atoms. The molecule has 0 unspecified atom stereocenters. The van der Waals surface area contributed by atoms with Crippen LogP contribution in [0.15, 0.2) is 24.9 Å². The van der Waals surface area contributed by atoms with E-state index >= 15 is 0 Å². The van der Waals surface area contributed by atoms with Gasteiger partial charge in [0.2, 0.25) is 0 Å². The molecule has 0 saturated carbocycles. The van der Waals surface area contributed by atoms with Crippen LogP contribution < -0.4 is 5.73 Å². The van der Waals surface area contributed by atoms with Gasteiger partial charge in [0.15, 0.2) is 0 Å². The number of anilines is 1. The third kappa shape index (κ3) is 2.56. The Bertz CT molecular complexity index is 611. The first kappa shape index (κ1) is 13.4. The average molecular weight is 278 g/mol. The van der Waals surface area contributed by atoms with E-state index in [4.69, 9.17) is 10.8 Å².